The van der Waals surface area contributed by atoms with Crippen LogP contribution in [0.25, 0.3) is 10.8 Å². The molecule has 1 fully saturated rings. The van der Waals surface area contributed by atoms with Gasteiger partial charge in [0.15, 0.2) is 5.78 Å². The lowest BCUT2D eigenvalue weighted by atomic mass is 9.83. The van der Waals surface area contributed by atoms with Gasteiger partial charge in [-0.25, -0.2) is 0 Å². The van der Waals surface area contributed by atoms with Crippen LogP contribution in [0, 0.1) is 17.3 Å². The summed E-state index contributed by atoms with van der Waals surface area (Å²) in [7, 11) is 0. The van der Waals surface area contributed by atoms with E-state index in [0.717, 1.165) is 29.0 Å². The van der Waals surface area contributed by atoms with Crippen molar-refractivity contribution in [2.75, 3.05) is 6.61 Å². The minimum atomic E-state index is -0.757. The molecule has 0 heterocycles. The molecule has 1 saturated carbocycles. The molecule has 0 unspecified atom stereocenters. The van der Waals surface area contributed by atoms with E-state index in [0.29, 0.717) is 11.5 Å². The van der Waals surface area contributed by atoms with Crippen molar-refractivity contribution in [1.82, 2.24) is 0 Å². The SMILES string of the molecule is CC(=O)c1ccc2ccccc2c1OCC1CCC(C)CC1.CC(C)(C)C(=O)O. The summed E-state index contributed by atoms with van der Waals surface area (Å²) in [5.41, 5.74) is 0.114. The van der Waals surface area contributed by atoms with E-state index < -0.39 is 11.4 Å². The van der Waals surface area contributed by atoms with Crippen molar-refractivity contribution in [1.29, 1.82) is 0 Å². The summed E-state index contributed by atoms with van der Waals surface area (Å²) in [6.07, 6.45) is 5.06. The van der Waals surface area contributed by atoms with Gasteiger partial charge in [-0.2, -0.15) is 0 Å². The molecule has 0 amide bonds. The second kappa shape index (κ2) is 9.91. The summed E-state index contributed by atoms with van der Waals surface area (Å²) < 4.78 is 6.17. The second-order valence-corrected chi connectivity index (χ2v) is 9.21. The normalized spacial score (nSPS) is 19.2. The van der Waals surface area contributed by atoms with Crippen molar-refractivity contribution in [3.8, 4) is 5.75 Å². The molecule has 4 heteroatoms. The highest BCUT2D eigenvalue weighted by Gasteiger charge is 2.20. The van der Waals surface area contributed by atoms with Crippen LogP contribution in [0.4, 0.5) is 0 Å². The van der Waals surface area contributed by atoms with Gasteiger partial charge in [-0.1, -0.05) is 50.1 Å². The van der Waals surface area contributed by atoms with Gasteiger partial charge in [0.25, 0.3) is 0 Å². The number of Topliss-reactive ketones (excluding diaryl/α,β-unsaturated/α-hetero) is 1. The maximum absolute atomic E-state index is 11.9. The summed E-state index contributed by atoms with van der Waals surface area (Å²) in [6.45, 7) is 9.65. The average Bonchev–Trinajstić information content (AvgIpc) is 2.66. The van der Waals surface area contributed by atoms with Crippen molar-refractivity contribution in [2.45, 2.75) is 60.3 Å². The highest BCUT2D eigenvalue weighted by molar-refractivity contribution is 6.03. The number of ketones is 1. The second-order valence-electron chi connectivity index (χ2n) is 9.21. The van der Waals surface area contributed by atoms with E-state index in [9.17, 15) is 9.59 Å². The zero-order valence-electron chi connectivity index (χ0n) is 18.3. The fraction of sp³-hybridized carbons (Fsp3) is 0.520. The lowest BCUT2D eigenvalue weighted by Gasteiger charge is -2.26. The monoisotopic (exact) mass is 398 g/mol. The summed E-state index contributed by atoms with van der Waals surface area (Å²) in [5, 5.41) is 10.4. The number of rotatable bonds is 4. The molecule has 0 spiro atoms. The van der Waals surface area contributed by atoms with Gasteiger partial charge >= 0.3 is 5.97 Å². The molecule has 1 N–H and O–H groups in total. The van der Waals surface area contributed by atoms with Crippen molar-refractivity contribution in [2.24, 2.45) is 17.3 Å². The maximum Gasteiger partial charge on any atom is 0.308 e. The fourth-order valence-corrected chi connectivity index (χ4v) is 3.37. The van der Waals surface area contributed by atoms with E-state index in [2.05, 4.69) is 13.0 Å². The molecule has 0 atom stereocenters. The van der Waals surface area contributed by atoms with Crippen molar-refractivity contribution in [3.63, 3.8) is 0 Å². The molecule has 0 aromatic heterocycles. The number of benzene rings is 2. The Morgan fingerprint density at radius 2 is 1.62 bits per heavy atom. The molecular weight excluding hydrogens is 364 g/mol. The molecule has 0 saturated heterocycles. The summed E-state index contributed by atoms with van der Waals surface area (Å²) in [6, 6.07) is 12.0. The van der Waals surface area contributed by atoms with Crippen LogP contribution in [-0.4, -0.2) is 23.5 Å². The minimum Gasteiger partial charge on any atom is -0.492 e. The van der Waals surface area contributed by atoms with Gasteiger partial charge in [0.2, 0.25) is 0 Å². The van der Waals surface area contributed by atoms with E-state index in [4.69, 9.17) is 9.84 Å². The first-order valence-electron chi connectivity index (χ1n) is 10.5. The van der Waals surface area contributed by atoms with Gasteiger partial charge in [-0.3, -0.25) is 9.59 Å². The molecule has 0 bridgehead atoms. The molecule has 29 heavy (non-hydrogen) atoms. The average molecular weight is 399 g/mol. The van der Waals surface area contributed by atoms with E-state index in [-0.39, 0.29) is 5.78 Å². The zero-order chi connectivity index (χ0) is 21.6. The number of carbonyl (C=O) groups excluding carboxylic acids is 1. The molecule has 2 aromatic rings. The Morgan fingerprint density at radius 1 is 1.03 bits per heavy atom. The molecular formula is C25H34O4. The number of carboxylic acid groups (broad SMARTS) is 1. The third-order valence-electron chi connectivity index (χ3n) is 5.50. The van der Waals surface area contributed by atoms with Crippen LogP contribution in [0.15, 0.2) is 36.4 Å². The van der Waals surface area contributed by atoms with Gasteiger partial charge in [0.05, 0.1) is 17.6 Å². The van der Waals surface area contributed by atoms with Crippen molar-refractivity contribution in [3.05, 3.63) is 42.0 Å². The van der Waals surface area contributed by atoms with Gasteiger partial charge in [-0.15, -0.1) is 0 Å². The molecule has 2 aromatic carbocycles. The Bertz CT molecular complexity index is 840. The molecule has 1 aliphatic carbocycles. The third-order valence-corrected chi connectivity index (χ3v) is 5.50. The van der Waals surface area contributed by atoms with E-state index in [1.54, 1.807) is 27.7 Å². The molecule has 4 nitrogen and oxygen atoms in total. The lowest BCUT2D eigenvalue weighted by Crippen LogP contribution is -2.19. The minimum absolute atomic E-state index is 0.0676. The van der Waals surface area contributed by atoms with Crippen LogP contribution in [0.1, 0.15) is 70.7 Å². The number of fused-ring (bicyclic) bond motifs is 1. The Balaban J connectivity index is 0.000000370. The molecule has 0 radical (unpaired) electrons. The Labute approximate surface area is 174 Å². The third kappa shape index (κ3) is 6.59. The quantitative estimate of drug-likeness (QED) is 0.608. The molecule has 0 aliphatic heterocycles. The van der Waals surface area contributed by atoms with Crippen LogP contribution in [0.5, 0.6) is 5.75 Å². The molecule has 1 aliphatic rings. The summed E-state index contributed by atoms with van der Waals surface area (Å²) in [5.74, 6) is 1.55. The highest BCUT2D eigenvalue weighted by Crippen LogP contribution is 2.33. The number of carboxylic acids is 1. The maximum atomic E-state index is 11.9. The van der Waals surface area contributed by atoms with E-state index in [1.807, 2.05) is 30.3 Å². The smallest absolute Gasteiger partial charge is 0.308 e. The predicted octanol–water partition coefficient (Wildman–Crippen LogP) is 6.36. The first kappa shape index (κ1) is 22.9. The van der Waals surface area contributed by atoms with Crippen LogP contribution < -0.4 is 4.74 Å². The Morgan fingerprint density at radius 3 is 2.17 bits per heavy atom. The van der Waals surface area contributed by atoms with Crippen molar-refractivity contribution < 1.29 is 19.4 Å². The van der Waals surface area contributed by atoms with Crippen molar-refractivity contribution >= 4 is 22.5 Å². The van der Waals surface area contributed by atoms with Crippen LogP contribution in [0.3, 0.4) is 0 Å². The fourth-order valence-electron chi connectivity index (χ4n) is 3.37. The Hall–Kier alpha value is -2.36. The lowest BCUT2D eigenvalue weighted by molar-refractivity contribution is -0.145. The van der Waals surface area contributed by atoms with Crippen LogP contribution in [0.2, 0.25) is 0 Å². The highest BCUT2D eigenvalue weighted by atomic mass is 16.5. The molecule has 158 valence electrons. The first-order valence-corrected chi connectivity index (χ1v) is 10.5. The topological polar surface area (TPSA) is 63.6 Å². The van der Waals surface area contributed by atoms with E-state index >= 15 is 0 Å². The zero-order valence-corrected chi connectivity index (χ0v) is 18.3. The largest absolute Gasteiger partial charge is 0.492 e. The van der Waals surface area contributed by atoms with Gasteiger partial charge in [0, 0.05) is 5.39 Å². The van der Waals surface area contributed by atoms with Gasteiger partial charge in [-0.05, 0) is 63.8 Å². The number of hydrogen-bond donors (Lipinski definition) is 1. The van der Waals surface area contributed by atoms with Crippen LogP contribution >= 0.6 is 0 Å². The summed E-state index contributed by atoms with van der Waals surface area (Å²) >= 11 is 0. The number of carbonyl (C=O) groups is 2. The predicted molar refractivity (Wildman–Crippen MR) is 118 cm³/mol. The van der Waals surface area contributed by atoms with Gasteiger partial charge < -0.3 is 9.84 Å². The van der Waals surface area contributed by atoms with E-state index in [1.165, 1.54) is 25.7 Å². The summed E-state index contributed by atoms with van der Waals surface area (Å²) in [4.78, 5) is 21.9. The number of hydrogen-bond acceptors (Lipinski definition) is 3. The first-order chi connectivity index (χ1) is 13.6. The Kier molecular flexibility index (Phi) is 7.83. The number of aliphatic carboxylic acids is 1. The van der Waals surface area contributed by atoms with Crippen LogP contribution in [-0.2, 0) is 4.79 Å². The standard InChI is InChI=1S/C20H24O2.C5H10O2/c1-14-7-9-16(10-8-14)13-22-20-18(15(2)21)12-11-17-5-3-4-6-19(17)20;1-5(2,3)4(6)7/h3-6,11-12,14,16H,7-10,13H2,1-2H3;1-3H3,(H,6,7). The number of ether oxygens (including phenoxy) is 1. The van der Waals surface area contributed by atoms with Gasteiger partial charge in [0.1, 0.15) is 5.75 Å². The molecule has 3 rings (SSSR count).